The van der Waals surface area contributed by atoms with Gasteiger partial charge in [-0.25, -0.2) is 0 Å². The van der Waals surface area contributed by atoms with Gasteiger partial charge >= 0.3 is 0 Å². The fourth-order valence-corrected chi connectivity index (χ4v) is 10.3. The van der Waals surface area contributed by atoms with Crippen LogP contribution in [0.2, 0.25) is 0 Å². The monoisotopic (exact) mass is 604 g/mol. The first-order chi connectivity index (χ1) is 21.2. The highest BCUT2D eigenvalue weighted by molar-refractivity contribution is 5.09. The summed E-state index contributed by atoms with van der Waals surface area (Å²) in [5.41, 5.74) is -0.537. The number of ether oxygens (including phenoxy) is 6. The Kier molecular flexibility index (Phi) is 11.8. The van der Waals surface area contributed by atoms with Crippen molar-refractivity contribution in [3.05, 3.63) is 0 Å². The Morgan fingerprint density at radius 3 is 0.860 bits per heavy atom. The molecule has 0 unspecified atom stereocenters. The second-order valence-electron chi connectivity index (χ2n) is 15.1. The summed E-state index contributed by atoms with van der Waals surface area (Å²) in [7, 11) is 0. The molecule has 2 heterocycles. The minimum Gasteiger partial charge on any atom is -0.376 e. The van der Waals surface area contributed by atoms with E-state index in [1.807, 2.05) is 0 Å². The van der Waals surface area contributed by atoms with E-state index in [0.29, 0.717) is 38.6 Å². The van der Waals surface area contributed by atoms with Gasteiger partial charge in [0, 0.05) is 13.2 Å². The summed E-state index contributed by atoms with van der Waals surface area (Å²) >= 11 is 0. The Morgan fingerprint density at radius 2 is 0.558 bits per heavy atom. The lowest BCUT2D eigenvalue weighted by atomic mass is 9.63. The van der Waals surface area contributed by atoms with E-state index in [9.17, 15) is 0 Å². The van der Waals surface area contributed by atoms with Crippen LogP contribution in [0.5, 0.6) is 0 Å². The van der Waals surface area contributed by atoms with Crippen molar-refractivity contribution < 1.29 is 28.4 Å². The van der Waals surface area contributed by atoms with Gasteiger partial charge in [-0.05, 0) is 83.5 Å². The Hall–Kier alpha value is -0.240. The molecule has 0 aromatic carbocycles. The van der Waals surface area contributed by atoms with E-state index in [1.54, 1.807) is 0 Å². The zero-order valence-corrected chi connectivity index (χ0v) is 27.5. The van der Waals surface area contributed by atoms with Crippen LogP contribution in [0.4, 0.5) is 0 Å². The van der Waals surface area contributed by atoms with E-state index >= 15 is 0 Å². The van der Waals surface area contributed by atoms with Crippen LogP contribution < -0.4 is 0 Å². The third-order valence-electron chi connectivity index (χ3n) is 12.6. The van der Waals surface area contributed by atoms with Crippen LogP contribution >= 0.6 is 0 Å². The standard InChI is InChI=1S/C37H64O6/c1-2-15-33-17-4-3-16-32(14-1)38-28-30-42-36-22-9-5-18-34(36,19-6-10-23-36)40-26-13-27-41-35-20-7-11-24-37(35,25-12-8-21-35)43-31-29-39-33/h32-33H,1-31H2. The normalized spacial score (nSPS) is 43.5. The van der Waals surface area contributed by atoms with E-state index in [-0.39, 0.29) is 22.4 Å². The Bertz CT molecular complexity index is 728. The van der Waals surface area contributed by atoms with Gasteiger partial charge < -0.3 is 28.4 Å². The molecular formula is C37H64O6. The lowest BCUT2D eigenvalue weighted by Gasteiger charge is -2.56. The maximum atomic E-state index is 7.01. The van der Waals surface area contributed by atoms with Gasteiger partial charge in [-0.3, -0.25) is 0 Å². The van der Waals surface area contributed by atoms with Crippen molar-refractivity contribution in [3.63, 3.8) is 0 Å². The van der Waals surface area contributed by atoms with E-state index in [4.69, 9.17) is 28.4 Å². The van der Waals surface area contributed by atoms with Gasteiger partial charge in [0.15, 0.2) is 0 Å². The highest BCUT2D eigenvalue weighted by Gasteiger charge is 2.57. The molecule has 0 spiro atoms. The van der Waals surface area contributed by atoms with Crippen molar-refractivity contribution in [2.75, 3.05) is 39.6 Å². The van der Waals surface area contributed by atoms with Gasteiger partial charge in [0.1, 0.15) is 0 Å². The second kappa shape index (κ2) is 15.6. The molecule has 0 N–H and O–H groups in total. The number of hydrogen-bond acceptors (Lipinski definition) is 6. The molecule has 248 valence electrons. The molecule has 7 aliphatic rings. The summed E-state index contributed by atoms with van der Waals surface area (Å²) in [6.45, 7) is 4.36. The zero-order chi connectivity index (χ0) is 29.3. The zero-order valence-electron chi connectivity index (χ0n) is 27.5. The van der Waals surface area contributed by atoms with Crippen LogP contribution in [0.25, 0.3) is 0 Å². The Balaban J connectivity index is 1.17. The van der Waals surface area contributed by atoms with E-state index in [0.717, 1.165) is 71.0 Å². The van der Waals surface area contributed by atoms with Crippen molar-refractivity contribution in [2.45, 2.75) is 195 Å². The summed E-state index contributed by atoms with van der Waals surface area (Å²) in [5.74, 6) is 0. The lowest BCUT2D eigenvalue weighted by Crippen LogP contribution is -2.62. The van der Waals surface area contributed by atoms with Crippen molar-refractivity contribution in [3.8, 4) is 0 Å². The second-order valence-corrected chi connectivity index (χ2v) is 15.1. The highest BCUT2D eigenvalue weighted by atomic mass is 16.6. The van der Waals surface area contributed by atoms with Gasteiger partial charge in [-0.2, -0.15) is 0 Å². The fraction of sp³-hybridized carbons (Fsp3) is 1.00. The predicted octanol–water partition coefficient (Wildman–Crippen LogP) is 8.61. The minimum atomic E-state index is -0.136. The quantitative estimate of drug-likeness (QED) is 0.276. The third kappa shape index (κ3) is 7.51. The van der Waals surface area contributed by atoms with Gasteiger partial charge in [0.05, 0.1) is 61.0 Å². The summed E-state index contributed by atoms with van der Waals surface area (Å²) in [4.78, 5) is 0. The lowest BCUT2D eigenvalue weighted by molar-refractivity contribution is -0.259. The van der Waals surface area contributed by atoms with E-state index in [2.05, 4.69) is 0 Å². The molecule has 7 fully saturated rings. The van der Waals surface area contributed by atoms with Crippen molar-refractivity contribution >= 4 is 0 Å². The summed E-state index contributed by atoms with van der Waals surface area (Å²) < 4.78 is 40.9. The minimum absolute atomic E-state index is 0.132. The van der Waals surface area contributed by atoms with Gasteiger partial charge in [-0.1, -0.05) is 77.0 Å². The largest absolute Gasteiger partial charge is 0.376 e. The van der Waals surface area contributed by atoms with Crippen LogP contribution in [0.1, 0.15) is 161 Å². The number of rotatable bonds is 0. The van der Waals surface area contributed by atoms with E-state index in [1.165, 1.54) is 103 Å². The van der Waals surface area contributed by atoms with Crippen LogP contribution in [0, 0.1) is 0 Å². The molecule has 0 atom stereocenters. The molecule has 2 saturated heterocycles. The highest BCUT2D eigenvalue weighted by Crippen LogP contribution is 2.53. The van der Waals surface area contributed by atoms with Crippen molar-refractivity contribution in [1.82, 2.24) is 0 Å². The summed E-state index contributed by atoms with van der Waals surface area (Å²) in [5, 5.41) is 0. The maximum absolute atomic E-state index is 7.01. The summed E-state index contributed by atoms with van der Waals surface area (Å²) in [6.07, 6.45) is 30.4. The summed E-state index contributed by atoms with van der Waals surface area (Å²) in [6, 6.07) is 0. The third-order valence-corrected chi connectivity index (χ3v) is 12.6. The van der Waals surface area contributed by atoms with Gasteiger partial charge in [-0.15, -0.1) is 0 Å². The Labute approximate surface area is 263 Å². The molecule has 2 aliphatic heterocycles. The van der Waals surface area contributed by atoms with E-state index < -0.39 is 0 Å². The molecule has 0 radical (unpaired) electrons. The predicted molar refractivity (Wildman–Crippen MR) is 170 cm³/mol. The van der Waals surface area contributed by atoms with Crippen LogP contribution in [0.15, 0.2) is 0 Å². The van der Waals surface area contributed by atoms with Crippen molar-refractivity contribution in [2.24, 2.45) is 0 Å². The molecule has 6 heteroatoms. The van der Waals surface area contributed by atoms with Gasteiger partial charge in [0.25, 0.3) is 0 Å². The molecule has 0 aromatic rings. The molecule has 5 saturated carbocycles. The topological polar surface area (TPSA) is 55.4 Å². The SMILES string of the molecule is C1COC23CCCCC2(CCCC3)OCCOC2CCCCC(CCCC2)OCCOC23CCCCC2(CCCC3)OC1. The first-order valence-electron chi connectivity index (χ1n) is 19.0. The fourth-order valence-electron chi connectivity index (χ4n) is 10.3. The molecule has 2 bridgehead atoms. The van der Waals surface area contributed by atoms with Crippen LogP contribution in [-0.2, 0) is 28.4 Å². The average Bonchev–Trinajstić information content (AvgIpc) is 3.04. The number of fused-ring (bicyclic) bond motifs is 16. The van der Waals surface area contributed by atoms with Gasteiger partial charge in [0.2, 0.25) is 0 Å². The smallest absolute Gasteiger partial charge is 0.0971 e. The first kappa shape index (κ1) is 32.7. The number of hydrogen-bond donors (Lipinski definition) is 0. The van der Waals surface area contributed by atoms with Crippen LogP contribution in [-0.4, -0.2) is 74.3 Å². The maximum Gasteiger partial charge on any atom is 0.0971 e. The molecule has 0 aromatic heterocycles. The van der Waals surface area contributed by atoms with Crippen molar-refractivity contribution in [1.29, 1.82) is 0 Å². The average molecular weight is 605 g/mol. The first-order valence-corrected chi connectivity index (χ1v) is 19.0. The molecule has 7 rings (SSSR count). The Morgan fingerprint density at radius 1 is 0.279 bits per heavy atom. The molecule has 43 heavy (non-hydrogen) atoms. The van der Waals surface area contributed by atoms with Crippen LogP contribution in [0.3, 0.4) is 0 Å². The molecule has 0 amide bonds. The molecule has 5 aliphatic carbocycles. The molecular weight excluding hydrogens is 540 g/mol. The molecule has 6 nitrogen and oxygen atoms in total.